The predicted molar refractivity (Wildman–Crippen MR) is 140 cm³/mol. The van der Waals surface area contributed by atoms with Gasteiger partial charge < -0.3 is 19.9 Å². The SMILES string of the molecule is CC(C)CC(C)(N)COc1ccc(-c2ccnc(N(C(=O)OC(C)C)C(=O)OC(C)(C)C)n2)cc1C(F)(F)F. The minimum Gasteiger partial charge on any atom is -0.491 e. The number of ether oxygens (including phenoxy) is 3. The molecule has 1 unspecified atom stereocenters. The van der Waals surface area contributed by atoms with Gasteiger partial charge in [0.05, 0.1) is 17.4 Å². The molecule has 9 nitrogen and oxygen atoms in total. The lowest BCUT2D eigenvalue weighted by Gasteiger charge is -2.27. The molecule has 0 bridgehead atoms. The molecule has 1 aromatic carbocycles. The Labute approximate surface area is 226 Å². The van der Waals surface area contributed by atoms with Gasteiger partial charge in [-0.1, -0.05) is 13.8 Å². The zero-order valence-electron chi connectivity index (χ0n) is 23.5. The van der Waals surface area contributed by atoms with Crippen molar-refractivity contribution in [3.8, 4) is 17.0 Å². The number of amides is 2. The molecule has 39 heavy (non-hydrogen) atoms. The van der Waals surface area contributed by atoms with Crippen LogP contribution in [0.3, 0.4) is 0 Å². The van der Waals surface area contributed by atoms with Crippen LogP contribution in [0.15, 0.2) is 30.5 Å². The Kier molecular flexibility index (Phi) is 9.94. The summed E-state index contributed by atoms with van der Waals surface area (Å²) < 4.78 is 57.9. The van der Waals surface area contributed by atoms with E-state index in [1.54, 1.807) is 41.5 Å². The summed E-state index contributed by atoms with van der Waals surface area (Å²) in [6.45, 7) is 13.5. The summed E-state index contributed by atoms with van der Waals surface area (Å²) >= 11 is 0. The first kappa shape index (κ1) is 31.8. The molecule has 0 spiro atoms. The molecule has 0 aliphatic heterocycles. The van der Waals surface area contributed by atoms with Crippen molar-refractivity contribution in [2.24, 2.45) is 11.7 Å². The molecule has 1 atom stereocenters. The van der Waals surface area contributed by atoms with E-state index in [1.165, 1.54) is 24.4 Å². The Balaban J connectivity index is 2.49. The van der Waals surface area contributed by atoms with E-state index >= 15 is 0 Å². The summed E-state index contributed by atoms with van der Waals surface area (Å²) in [5.41, 5.74) is 3.47. The molecule has 0 aliphatic carbocycles. The van der Waals surface area contributed by atoms with Crippen molar-refractivity contribution in [3.05, 3.63) is 36.0 Å². The van der Waals surface area contributed by atoms with Gasteiger partial charge in [-0.25, -0.2) is 19.6 Å². The quantitative estimate of drug-likeness (QED) is 0.388. The van der Waals surface area contributed by atoms with Crippen LogP contribution in [0, 0.1) is 5.92 Å². The Hall–Kier alpha value is -3.41. The van der Waals surface area contributed by atoms with Gasteiger partial charge in [-0.3, -0.25) is 0 Å². The number of hydrogen-bond donors (Lipinski definition) is 1. The third-order valence-electron chi connectivity index (χ3n) is 4.95. The number of carbonyl (C=O) groups is 2. The number of alkyl halides is 3. The molecule has 2 rings (SSSR count). The summed E-state index contributed by atoms with van der Waals surface area (Å²) in [4.78, 5) is 34.2. The molecule has 2 amide bonds. The van der Waals surface area contributed by atoms with Gasteiger partial charge in [0.1, 0.15) is 18.0 Å². The number of aromatic nitrogens is 2. The molecule has 216 valence electrons. The Morgan fingerprint density at radius 1 is 1.03 bits per heavy atom. The minimum atomic E-state index is -4.74. The number of halogens is 3. The van der Waals surface area contributed by atoms with Crippen molar-refractivity contribution >= 4 is 18.1 Å². The van der Waals surface area contributed by atoms with E-state index in [0.717, 1.165) is 6.07 Å². The average molecular weight is 555 g/mol. The van der Waals surface area contributed by atoms with E-state index in [2.05, 4.69) is 9.97 Å². The first-order chi connectivity index (χ1) is 17.8. The summed E-state index contributed by atoms with van der Waals surface area (Å²) in [7, 11) is 0. The highest BCUT2D eigenvalue weighted by molar-refractivity contribution is 6.08. The normalized spacial score (nSPS) is 13.7. The van der Waals surface area contributed by atoms with Crippen molar-refractivity contribution in [2.75, 3.05) is 11.5 Å². The van der Waals surface area contributed by atoms with Crippen LogP contribution in [-0.4, -0.2) is 46.0 Å². The highest BCUT2D eigenvalue weighted by atomic mass is 19.4. The summed E-state index contributed by atoms with van der Waals surface area (Å²) in [6, 6.07) is 4.80. The minimum absolute atomic E-state index is 0.0198. The van der Waals surface area contributed by atoms with Gasteiger partial charge in [-0.05, 0) is 78.1 Å². The van der Waals surface area contributed by atoms with E-state index in [1.807, 2.05) is 13.8 Å². The second-order valence-electron chi connectivity index (χ2n) is 11.2. The van der Waals surface area contributed by atoms with Crippen molar-refractivity contribution < 1.29 is 37.0 Å². The molecule has 1 aromatic heterocycles. The van der Waals surface area contributed by atoms with Crippen molar-refractivity contribution in [1.29, 1.82) is 0 Å². The zero-order chi connectivity index (χ0) is 29.8. The number of anilines is 1. The highest BCUT2D eigenvalue weighted by Gasteiger charge is 2.36. The summed E-state index contributed by atoms with van der Waals surface area (Å²) in [6.07, 6.45) is -5.75. The van der Waals surface area contributed by atoms with E-state index in [4.69, 9.17) is 19.9 Å². The maximum Gasteiger partial charge on any atom is 0.427 e. The standard InChI is InChI=1S/C27H37F3N4O5/c1-16(2)14-26(8,31)15-37-21-10-9-18(13-19(21)27(28,29)30)20-11-12-32-22(33-20)34(23(35)38-17(3)4)24(36)39-25(5,6)7/h9-13,16-17H,14-15,31H2,1-8H3. The molecule has 2 aromatic rings. The van der Waals surface area contributed by atoms with Crippen LogP contribution in [-0.2, 0) is 15.7 Å². The average Bonchev–Trinajstić information content (AvgIpc) is 2.74. The maximum atomic E-state index is 14.0. The Morgan fingerprint density at radius 3 is 2.21 bits per heavy atom. The topological polar surface area (TPSA) is 117 Å². The molecule has 12 heteroatoms. The number of rotatable bonds is 8. The first-order valence-electron chi connectivity index (χ1n) is 12.5. The number of carbonyl (C=O) groups excluding carboxylic acids is 2. The summed E-state index contributed by atoms with van der Waals surface area (Å²) in [5, 5.41) is 0. The molecule has 0 radical (unpaired) electrons. The molecule has 0 aliphatic rings. The second-order valence-corrected chi connectivity index (χ2v) is 11.2. The predicted octanol–water partition coefficient (Wildman–Crippen LogP) is 6.59. The molecular formula is C27H37F3N4O5. The maximum absolute atomic E-state index is 14.0. The number of nitrogens with zero attached hydrogens (tertiary/aromatic N) is 3. The van der Waals surface area contributed by atoms with Crippen molar-refractivity contribution in [3.63, 3.8) is 0 Å². The first-order valence-corrected chi connectivity index (χ1v) is 12.5. The summed E-state index contributed by atoms with van der Waals surface area (Å²) in [5.74, 6) is -0.566. The van der Waals surface area contributed by atoms with E-state index in [9.17, 15) is 22.8 Å². The molecule has 0 saturated carbocycles. The van der Waals surface area contributed by atoms with E-state index in [0.29, 0.717) is 11.3 Å². The van der Waals surface area contributed by atoms with Gasteiger partial charge in [-0.2, -0.15) is 13.2 Å². The molecule has 2 N–H and O–H groups in total. The van der Waals surface area contributed by atoms with Gasteiger partial charge in [0, 0.05) is 17.3 Å². The molecule has 0 fully saturated rings. The largest absolute Gasteiger partial charge is 0.491 e. The van der Waals surface area contributed by atoms with Crippen molar-refractivity contribution in [1.82, 2.24) is 9.97 Å². The van der Waals surface area contributed by atoms with Crippen LogP contribution in [0.4, 0.5) is 28.7 Å². The van der Waals surface area contributed by atoms with E-state index < -0.39 is 47.1 Å². The van der Waals surface area contributed by atoms with Crippen molar-refractivity contribution in [2.45, 2.75) is 85.2 Å². The van der Waals surface area contributed by atoms with Gasteiger partial charge in [0.15, 0.2) is 0 Å². The van der Waals surface area contributed by atoms with Gasteiger partial charge in [0.2, 0.25) is 5.95 Å². The number of imide groups is 1. The second kappa shape index (κ2) is 12.2. The fraction of sp³-hybridized carbons (Fsp3) is 0.556. The van der Waals surface area contributed by atoms with Crippen LogP contribution in [0.2, 0.25) is 0 Å². The van der Waals surface area contributed by atoms with Crippen LogP contribution in [0.25, 0.3) is 11.3 Å². The van der Waals surface area contributed by atoms with Crippen LogP contribution in [0.5, 0.6) is 5.75 Å². The number of hydrogen-bond acceptors (Lipinski definition) is 8. The smallest absolute Gasteiger partial charge is 0.427 e. The fourth-order valence-electron chi connectivity index (χ4n) is 3.69. The number of benzene rings is 1. The zero-order valence-corrected chi connectivity index (χ0v) is 23.5. The lowest BCUT2D eigenvalue weighted by molar-refractivity contribution is -0.139. The molecule has 0 saturated heterocycles. The third kappa shape index (κ3) is 9.68. The monoisotopic (exact) mass is 554 g/mol. The highest BCUT2D eigenvalue weighted by Crippen LogP contribution is 2.39. The van der Waals surface area contributed by atoms with Crippen LogP contribution >= 0.6 is 0 Å². The molecular weight excluding hydrogens is 517 g/mol. The third-order valence-corrected chi connectivity index (χ3v) is 4.95. The van der Waals surface area contributed by atoms with E-state index in [-0.39, 0.29) is 29.5 Å². The van der Waals surface area contributed by atoms with Gasteiger partial charge >= 0.3 is 18.4 Å². The van der Waals surface area contributed by atoms with Gasteiger partial charge in [-0.15, -0.1) is 4.90 Å². The lowest BCUT2D eigenvalue weighted by Crippen LogP contribution is -2.43. The lowest BCUT2D eigenvalue weighted by atomic mass is 9.93. The van der Waals surface area contributed by atoms with Gasteiger partial charge in [0.25, 0.3) is 0 Å². The van der Waals surface area contributed by atoms with Crippen LogP contribution in [0.1, 0.15) is 67.4 Å². The van der Waals surface area contributed by atoms with Crippen LogP contribution < -0.4 is 15.4 Å². The Morgan fingerprint density at radius 2 is 1.67 bits per heavy atom. The number of nitrogens with two attached hydrogens (primary N) is 1. The molecule has 1 heterocycles. The fourth-order valence-corrected chi connectivity index (χ4v) is 3.69. The Bertz CT molecular complexity index is 1160.